The van der Waals surface area contributed by atoms with Gasteiger partial charge in [0.25, 0.3) is 5.91 Å². The highest BCUT2D eigenvalue weighted by molar-refractivity contribution is 5.96. The summed E-state index contributed by atoms with van der Waals surface area (Å²) in [6, 6.07) is 7.76. The molecule has 2 aromatic rings. The number of hydrogen-bond donors (Lipinski definition) is 3. The highest BCUT2D eigenvalue weighted by Gasteiger charge is 2.17. The summed E-state index contributed by atoms with van der Waals surface area (Å²) in [5.41, 5.74) is 3.32. The van der Waals surface area contributed by atoms with Crippen molar-refractivity contribution in [1.82, 2.24) is 10.7 Å². The van der Waals surface area contributed by atoms with Gasteiger partial charge in [0, 0.05) is 18.5 Å². The summed E-state index contributed by atoms with van der Waals surface area (Å²) in [4.78, 5) is 24.4. The van der Waals surface area contributed by atoms with Gasteiger partial charge in [-0.05, 0) is 42.8 Å². The minimum absolute atomic E-state index is 0.0211. The molecule has 0 saturated heterocycles. The minimum atomic E-state index is -0.395. The van der Waals surface area contributed by atoms with Crippen LogP contribution in [-0.4, -0.2) is 57.6 Å². The topological polar surface area (TPSA) is 128 Å². The Hall–Kier alpha value is -3.95. The molecule has 2 amide bonds. The molecule has 0 radical (unpaired) electrons. The maximum Gasteiger partial charge on any atom is 0.251 e. The van der Waals surface area contributed by atoms with E-state index in [1.54, 1.807) is 19.1 Å². The quantitative estimate of drug-likeness (QED) is 0.357. The summed E-state index contributed by atoms with van der Waals surface area (Å²) in [7, 11) is 4.39. The van der Waals surface area contributed by atoms with Gasteiger partial charge in [0.2, 0.25) is 11.7 Å². The lowest BCUT2D eigenvalue weighted by Gasteiger charge is -2.14. The Kier molecular flexibility index (Phi) is 9.15. The second kappa shape index (κ2) is 12.0. The Balaban J connectivity index is 1.87. The van der Waals surface area contributed by atoms with Crippen LogP contribution in [0.2, 0.25) is 0 Å². The molecule has 0 bridgehead atoms. The van der Waals surface area contributed by atoms with Crippen molar-refractivity contribution in [3.8, 4) is 28.7 Å². The van der Waals surface area contributed by atoms with Crippen LogP contribution in [0.1, 0.15) is 29.3 Å². The van der Waals surface area contributed by atoms with E-state index in [4.69, 9.17) is 18.9 Å². The Morgan fingerprint density at radius 3 is 2.31 bits per heavy atom. The van der Waals surface area contributed by atoms with E-state index in [0.29, 0.717) is 40.7 Å². The maximum absolute atomic E-state index is 12.4. The zero-order chi connectivity index (χ0) is 23.5. The number of nitrogens with one attached hydrogen (secondary N) is 2. The number of carbonyl (C=O) groups is 2. The van der Waals surface area contributed by atoms with Crippen LogP contribution in [0.15, 0.2) is 35.4 Å². The monoisotopic (exact) mass is 445 g/mol. The van der Waals surface area contributed by atoms with E-state index in [9.17, 15) is 14.7 Å². The van der Waals surface area contributed by atoms with Gasteiger partial charge in [-0.2, -0.15) is 5.10 Å². The lowest BCUT2D eigenvalue weighted by molar-refractivity contribution is -0.120. The fourth-order valence-electron chi connectivity index (χ4n) is 2.72. The highest BCUT2D eigenvalue weighted by atomic mass is 16.5. The van der Waals surface area contributed by atoms with Crippen LogP contribution < -0.4 is 29.7 Å². The van der Waals surface area contributed by atoms with E-state index in [1.807, 2.05) is 0 Å². The van der Waals surface area contributed by atoms with Crippen molar-refractivity contribution in [2.75, 3.05) is 34.5 Å². The van der Waals surface area contributed by atoms with E-state index in [1.165, 1.54) is 45.7 Å². The van der Waals surface area contributed by atoms with Gasteiger partial charge >= 0.3 is 0 Å². The van der Waals surface area contributed by atoms with Crippen LogP contribution in [0, 0.1) is 0 Å². The molecule has 0 unspecified atom stereocenters. The van der Waals surface area contributed by atoms with Gasteiger partial charge in [-0.15, -0.1) is 0 Å². The summed E-state index contributed by atoms with van der Waals surface area (Å²) in [5, 5.41) is 16.2. The minimum Gasteiger partial charge on any atom is -0.504 e. The van der Waals surface area contributed by atoms with E-state index in [-0.39, 0.29) is 24.6 Å². The van der Waals surface area contributed by atoms with Gasteiger partial charge in [0.1, 0.15) is 0 Å². The number of phenolic OH excluding ortho intramolecular Hbond substituents is 1. The number of rotatable bonds is 11. The lowest BCUT2D eigenvalue weighted by atomic mass is 10.1. The third kappa shape index (κ3) is 6.53. The zero-order valence-electron chi connectivity index (χ0n) is 18.4. The predicted octanol–water partition coefficient (Wildman–Crippen LogP) is 2.09. The van der Waals surface area contributed by atoms with Crippen molar-refractivity contribution < 1.29 is 33.6 Å². The van der Waals surface area contributed by atoms with E-state index in [2.05, 4.69) is 15.8 Å². The molecular weight excluding hydrogens is 418 g/mol. The Morgan fingerprint density at radius 1 is 1.03 bits per heavy atom. The molecule has 0 aliphatic rings. The SMILES string of the molecule is CCOc1cc(/C=N/NC(=O)CCNC(=O)c2cc(OC)c(OC)c(OC)c2)ccc1O. The van der Waals surface area contributed by atoms with Crippen LogP contribution in [0.25, 0.3) is 0 Å². The Morgan fingerprint density at radius 2 is 1.72 bits per heavy atom. The number of ether oxygens (including phenoxy) is 4. The van der Waals surface area contributed by atoms with Crippen molar-refractivity contribution in [3.63, 3.8) is 0 Å². The first-order valence-corrected chi connectivity index (χ1v) is 9.79. The number of phenols is 1. The molecule has 172 valence electrons. The summed E-state index contributed by atoms with van der Waals surface area (Å²) in [5.74, 6) is 0.666. The number of aromatic hydroxyl groups is 1. The second-order valence-corrected chi connectivity index (χ2v) is 6.37. The molecule has 0 spiro atoms. The number of benzene rings is 2. The van der Waals surface area contributed by atoms with Crippen molar-refractivity contribution in [1.29, 1.82) is 0 Å². The molecule has 0 aliphatic heterocycles. The molecular formula is C22H27N3O7. The first kappa shape index (κ1) is 24.3. The largest absolute Gasteiger partial charge is 0.504 e. The van der Waals surface area contributed by atoms with E-state index in [0.717, 1.165) is 0 Å². The summed E-state index contributed by atoms with van der Waals surface area (Å²) in [6.07, 6.45) is 1.45. The van der Waals surface area contributed by atoms with E-state index < -0.39 is 5.91 Å². The lowest BCUT2D eigenvalue weighted by Crippen LogP contribution is -2.29. The molecule has 0 saturated carbocycles. The van der Waals surface area contributed by atoms with Crippen LogP contribution in [0.3, 0.4) is 0 Å². The molecule has 10 nitrogen and oxygen atoms in total. The van der Waals surface area contributed by atoms with Crippen molar-refractivity contribution in [2.24, 2.45) is 5.10 Å². The summed E-state index contributed by atoms with van der Waals surface area (Å²) in [6.45, 7) is 2.32. The number of hydrazone groups is 1. The van der Waals surface area contributed by atoms with Gasteiger partial charge in [-0.1, -0.05) is 0 Å². The normalized spacial score (nSPS) is 10.5. The predicted molar refractivity (Wildman–Crippen MR) is 118 cm³/mol. The van der Waals surface area contributed by atoms with Gasteiger partial charge < -0.3 is 29.4 Å². The maximum atomic E-state index is 12.4. The van der Waals surface area contributed by atoms with Crippen molar-refractivity contribution in [2.45, 2.75) is 13.3 Å². The molecule has 2 rings (SSSR count). The molecule has 0 aliphatic carbocycles. The van der Waals surface area contributed by atoms with Crippen LogP contribution in [0.5, 0.6) is 28.7 Å². The number of methoxy groups -OCH3 is 3. The van der Waals surface area contributed by atoms with Gasteiger partial charge in [0.15, 0.2) is 23.0 Å². The van der Waals surface area contributed by atoms with Crippen molar-refractivity contribution >= 4 is 18.0 Å². The molecule has 10 heteroatoms. The number of nitrogens with zero attached hydrogens (tertiary/aromatic N) is 1. The summed E-state index contributed by atoms with van der Waals surface area (Å²) < 4.78 is 21.0. The fraction of sp³-hybridized carbons (Fsp3) is 0.318. The first-order valence-electron chi connectivity index (χ1n) is 9.79. The number of carbonyl (C=O) groups excluding carboxylic acids is 2. The Labute approximate surface area is 186 Å². The van der Waals surface area contributed by atoms with Crippen LogP contribution in [-0.2, 0) is 4.79 Å². The van der Waals surface area contributed by atoms with Crippen LogP contribution >= 0.6 is 0 Å². The molecule has 3 N–H and O–H groups in total. The first-order chi connectivity index (χ1) is 15.4. The molecule has 32 heavy (non-hydrogen) atoms. The van der Waals surface area contributed by atoms with E-state index >= 15 is 0 Å². The van der Waals surface area contributed by atoms with Crippen molar-refractivity contribution in [3.05, 3.63) is 41.5 Å². The fourth-order valence-corrected chi connectivity index (χ4v) is 2.72. The molecule has 0 fully saturated rings. The summed E-state index contributed by atoms with van der Waals surface area (Å²) >= 11 is 0. The third-order valence-corrected chi connectivity index (χ3v) is 4.25. The third-order valence-electron chi connectivity index (χ3n) is 4.25. The van der Waals surface area contributed by atoms with Gasteiger partial charge in [-0.3, -0.25) is 9.59 Å². The van der Waals surface area contributed by atoms with Crippen LogP contribution in [0.4, 0.5) is 0 Å². The average Bonchev–Trinajstić information content (AvgIpc) is 2.80. The van der Waals surface area contributed by atoms with Gasteiger partial charge in [-0.25, -0.2) is 5.43 Å². The molecule has 0 atom stereocenters. The standard InChI is InChI=1S/C22H27N3O7/c1-5-32-17-10-14(6-7-16(17)26)13-24-25-20(27)8-9-23-22(28)15-11-18(29-2)21(31-4)19(12-15)30-3/h6-7,10-13,26H,5,8-9H2,1-4H3,(H,23,28)(H,25,27)/b24-13+. The average molecular weight is 445 g/mol. The smallest absolute Gasteiger partial charge is 0.251 e. The zero-order valence-corrected chi connectivity index (χ0v) is 18.4. The van der Waals surface area contributed by atoms with Gasteiger partial charge in [0.05, 0.1) is 34.2 Å². The second-order valence-electron chi connectivity index (χ2n) is 6.37. The molecule has 0 aromatic heterocycles. The Bertz CT molecular complexity index is 951. The molecule has 0 heterocycles. The number of amides is 2. The molecule has 2 aromatic carbocycles. The highest BCUT2D eigenvalue weighted by Crippen LogP contribution is 2.38. The number of hydrogen-bond acceptors (Lipinski definition) is 8.